The number of halogens is 1. The zero-order valence-electron chi connectivity index (χ0n) is 10.6. The normalized spacial score (nSPS) is 11.3. The first-order valence-corrected chi connectivity index (χ1v) is 5.93. The lowest BCUT2D eigenvalue weighted by atomic mass is 10.1. The number of aromatic nitrogens is 1. The van der Waals surface area contributed by atoms with E-state index in [1.807, 2.05) is 6.07 Å². The van der Waals surface area contributed by atoms with Crippen LogP contribution < -0.4 is 10.1 Å². The maximum atomic E-state index is 6.08. The molecule has 1 aromatic rings. The summed E-state index contributed by atoms with van der Waals surface area (Å²) in [4.78, 5) is 4.09. The minimum absolute atomic E-state index is 0.0503. The average Bonchev–Trinajstić information content (AvgIpc) is 2.25. The predicted octanol–water partition coefficient (Wildman–Crippen LogP) is 3.19. The van der Waals surface area contributed by atoms with Crippen LogP contribution in [-0.2, 0) is 6.54 Å². The van der Waals surface area contributed by atoms with Crippen LogP contribution in [0.3, 0.4) is 0 Å². The van der Waals surface area contributed by atoms with E-state index < -0.39 is 0 Å². The fourth-order valence-corrected chi connectivity index (χ4v) is 1.35. The Morgan fingerprint density at radius 3 is 2.82 bits per heavy atom. The lowest BCUT2D eigenvalue weighted by Crippen LogP contribution is -2.35. The van der Waals surface area contributed by atoms with E-state index in [0.717, 1.165) is 5.56 Å². The Morgan fingerprint density at radius 1 is 1.53 bits per heavy atom. The van der Waals surface area contributed by atoms with Crippen LogP contribution in [0.2, 0.25) is 5.02 Å². The van der Waals surface area contributed by atoms with E-state index in [9.17, 15) is 0 Å². The Labute approximate surface area is 108 Å². The van der Waals surface area contributed by atoms with Crippen molar-refractivity contribution in [1.82, 2.24) is 10.3 Å². The molecule has 4 heteroatoms. The fourth-order valence-electron chi connectivity index (χ4n) is 1.18. The third-order valence-corrected chi connectivity index (χ3v) is 2.41. The number of rotatable bonds is 5. The summed E-state index contributed by atoms with van der Waals surface area (Å²) < 4.78 is 5.37. The van der Waals surface area contributed by atoms with Crippen molar-refractivity contribution in [2.24, 2.45) is 0 Å². The number of ether oxygens (including phenoxy) is 1. The van der Waals surface area contributed by atoms with E-state index >= 15 is 0 Å². The Balaban J connectivity index is 2.72. The Bertz CT molecular complexity index is 385. The molecule has 0 aliphatic heterocycles. The summed E-state index contributed by atoms with van der Waals surface area (Å²) in [7, 11) is 0. The SMILES string of the molecule is C=CCOc1cc(CNC(C)(C)C)c(Cl)cn1. The van der Waals surface area contributed by atoms with Gasteiger partial charge in [-0.25, -0.2) is 4.98 Å². The molecule has 17 heavy (non-hydrogen) atoms. The van der Waals surface area contributed by atoms with Gasteiger partial charge in [0.1, 0.15) is 6.61 Å². The number of nitrogens with one attached hydrogen (secondary N) is 1. The molecule has 0 atom stereocenters. The van der Waals surface area contributed by atoms with Crippen LogP contribution in [0, 0.1) is 0 Å². The quantitative estimate of drug-likeness (QED) is 0.820. The van der Waals surface area contributed by atoms with Gasteiger partial charge in [-0.05, 0) is 26.3 Å². The third-order valence-electron chi connectivity index (χ3n) is 2.07. The highest BCUT2D eigenvalue weighted by Gasteiger charge is 2.11. The third kappa shape index (κ3) is 5.20. The Morgan fingerprint density at radius 2 is 2.24 bits per heavy atom. The summed E-state index contributed by atoms with van der Waals surface area (Å²) in [6.07, 6.45) is 3.29. The second-order valence-electron chi connectivity index (χ2n) is 4.82. The molecule has 1 rings (SSSR count). The van der Waals surface area contributed by atoms with E-state index in [1.165, 1.54) is 0 Å². The van der Waals surface area contributed by atoms with Gasteiger partial charge in [-0.15, -0.1) is 0 Å². The minimum atomic E-state index is 0.0503. The molecular formula is C13H19ClN2O. The number of hydrogen-bond acceptors (Lipinski definition) is 3. The molecule has 3 nitrogen and oxygen atoms in total. The van der Waals surface area contributed by atoms with E-state index in [2.05, 4.69) is 37.7 Å². The summed E-state index contributed by atoms with van der Waals surface area (Å²) >= 11 is 6.08. The maximum absolute atomic E-state index is 6.08. The first-order chi connectivity index (χ1) is 7.92. The Hall–Kier alpha value is -1.06. The fraction of sp³-hybridized carbons (Fsp3) is 0.462. The van der Waals surface area contributed by atoms with Gasteiger partial charge < -0.3 is 10.1 Å². The van der Waals surface area contributed by atoms with Crippen LogP contribution in [0.1, 0.15) is 26.3 Å². The van der Waals surface area contributed by atoms with Gasteiger partial charge in [-0.3, -0.25) is 0 Å². The summed E-state index contributed by atoms with van der Waals surface area (Å²) in [6.45, 7) is 11.1. The summed E-state index contributed by atoms with van der Waals surface area (Å²) in [6, 6.07) is 1.85. The number of nitrogens with zero attached hydrogens (tertiary/aromatic N) is 1. The van der Waals surface area contributed by atoms with Crippen LogP contribution in [0.5, 0.6) is 5.88 Å². The molecule has 0 fully saturated rings. The van der Waals surface area contributed by atoms with Gasteiger partial charge in [0, 0.05) is 24.3 Å². The smallest absolute Gasteiger partial charge is 0.213 e. The van der Waals surface area contributed by atoms with Crippen molar-refractivity contribution in [2.45, 2.75) is 32.9 Å². The first kappa shape index (κ1) is 14.0. The van der Waals surface area contributed by atoms with Crippen molar-refractivity contribution >= 4 is 11.6 Å². The van der Waals surface area contributed by atoms with Gasteiger partial charge in [-0.2, -0.15) is 0 Å². The highest BCUT2D eigenvalue weighted by Crippen LogP contribution is 2.20. The molecular weight excluding hydrogens is 236 g/mol. The van der Waals surface area contributed by atoms with Gasteiger partial charge >= 0.3 is 0 Å². The molecule has 94 valence electrons. The van der Waals surface area contributed by atoms with E-state index in [0.29, 0.717) is 24.1 Å². The van der Waals surface area contributed by atoms with E-state index in [4.69, 9.17) is 16.3 Å². The molecule has 0 saturated heterocycles. The Kier molecular flexibility index (Phi) is 4.97. The standard InChI is InChI=1S/C13H19ClN2O/c1-5-6-17-12-7-10(11(14)9-15-12)8-16-13(2,3)4/h5,7,9,16H,1,6,8H2,2-4H3. The van der Waals surface area contributed by atoms with Crippen LogP contribution in [0.15, 0.2) is 24.9 Å². The molecule has 1 aromatic heterocycles. The largest absolute Gasteiger partial charge is 0.473 e. The van der Waals surface area contributed by atoms with E-state index in [1.54, 1.807) is 12.3 Å². The molecule has 0 saturated carbocycles. The molecule has 0 aromatic carbocycles. The highest BCUT2D eigenvalue weighted by molar-refractivity contribution is 6.31. The molecule has 0 radical (unpaired) electrons. The molecule has 0 spiro atoms. The predicted molar refractivity (Wildman–Crippen MR) is 71.5 cm³/mol. The van der Waals surface area contributed by atoms with Crippen molar-refractivity contribution in [3.8, 4) is 5.88 Å². The summed E-state index contributed by atoms with van der Waals surface area (Å²) in [5.41, 5.74) is 1.03. The molecule has 0 bridgehead atoms. The molecule has 0 amide bonds. The van der Waals surface area contributed by atoms with Crippen molar-refractivity contribution < 1.29 is 4.74 Å². The van der Waals surface area contributed by atoms with Gasteiger partial charge in [0.2, 0.25) is 5.88 Å². The van der Waals surface area contributed by atoms with E-state index in [-0.39, 0.29) is 5.54 Å². The zero-order chi connectivity index (χ0) is 12.9. The summed E-state index contributed by atoms with van der Waals surface area (Å²) in [5.74, 6) is 0.569. The van der Waals surface area contributed by atoms with Crippen molar-refractivity contribution in [2.75, 3.05) is 6.61 Å². The number of pyridine rings is 1. The van der Waals surface area contributed by atoms with Crippen LogP contribution in [0.25, 0.3) is 0 Å². The minimum Gasteiger partial charge on any atom is -0.473 e. The van der Waals surface area contributed by atoms with Crippen molar-refractivity contribution in [1.29, 1.82) is 0 Å². The van der Waals surface area contributed by atoms with Crippen LogP contribution in [-0.4, -0.2) is 17.1 Å². The molecule has 0 aliphatic rings. The van der Waals surface area contributed by atoms with Gasteiger partial charge in [-0.1, -0.05) is 24.3 Å². The van der Waals surface area contributed by atoms with Gasteiger partial charge in [0.25, 0.3) is 0 Å². The van der Waals surface area contributed by atoms with Gasteiger partial charge in [0.05, 0.1) is 5.02 Å². The molecule has 0 unspecified atom stereocenters. The first-order valence-electron chi connectivity index (χ1n) is 5.55. The van der Waals surface area contributed by atoms with Crippen molar-refractivity contribution in [3.05, 3.63) is 35.5 Å². The number of hydrogen-bond donors (Lipinski definition) is 1. The summed E-state index contributed by atoms with van der Waals surface area (Å²) in [5, 5.41) is 4.02. The molecule has 0 aliphatic carbocycles. The van der Waals surface area contributed by atoms with Crippen LogP contribution >= 0.6 is 11.6 Å². The maximum Gasteiger partial charge on any atom is 0.213 e. The molecule has 1 heterocycles. The van der Waals surface area contributed by atoms with Gasteiger partial charge in [0.15, 0.2) is 0 Å². The second kappa shape index (κ2) is 6.03. The van der Waals surface area contributed by atoms with Crippen LogP contribution in [0.4, 0.5) is 0 Å². The topological polar surface area (TPSA) is 34.1 Å². The highest BCUT2D eigenvalue weighted by atomic mass is 35.5. The lowest BCUT2D eigenvalue weighted by molar-refractivity contribution is 0.347. The monoisotopic (exact) mass is 254 g/mol. The second-order valence-corrected chi connectivity index (χ2v) is 5.22. The zero-order valence-corrected chi connectivity index (χ0v) is 11.3. The average molecular weight is 255 g/mol. The van der Waals surface area contributed by atoms with Crippen molar-refractivity contribution in [3.63, 3.8) is 0 Å². The lowest BCUT2D eigenvalue weighted by Gasteiger charge is -2.21. The molecule has 1 N–H and O–H groups in total.